The summed E-state index contributed by atoms with van der Waals surface area (Å²) in [5.74, 6) is 0.672. The molecule has 0 spiro atoms. The molecule has 1 fully saturated rings. The van der Waals surface area contributed by atoms with Gasteiger partial charge in [0.05, 0.1) is 5.52 Å². The number of benzene rings is 1. The number of aromatic nitrogens is 1. The molecule has 2 aromatic rings. The van der Waals surface area contributed by atoms with Gasteiger partial charge in [0.1, 0.15) is 0 Å². The number of para-hydroxylation sites is 1. The molecule has 2 unspecified atom stereocenters. The van der Waals surface area contributed by atoms with Crippen LogP contribution in [-0.4, -0.2) is 35.1 Å². The summed E-state index contributed by atoms with van der Waals surface area (Å²) in [4.78, 5) is 7.17. The maximum absolute atomic E-state index is 4.58. The molecule has 0 aliphatic carbocycles. The SMILES string of the molecule is CC(C)C1CN(Cc2cccc3cccnc23)C(C)CN1. The molecule has 1 aliphatic heterocycles. The van der Waals surface area contributed by atoms with Gasteiger partial charge in [-0.05, 0) is 24.5 Å². The molecule has 112 valence electrons. The summed E-state index contributed by atoms with van der Waals surface area (Å²) in [5, 5.41) is 4.90. The van der Waals surface area contributed by atoms with Crippen molar-refractivity contribution in [1.82, 2.24) is 15.2 Å². The van der Waals surface area contributed by atoms with Crippen molar-refractivity contribution >= 4 is 10.9 Å². The lowest BCUT2D eigenvalue weighted by Crippen LogP contribution is -2.56. The maximum Gasteiger partial charge on any atom is 0.0746 e. The summed E-state index contributed by atoms with van der Waals surface area (Å²) >= 11 is 0. The monoisotopic (exact) mass is 283 g/mol. The predicted octanol–water partition coefficient (Wildman–Crippen LogP) is 3.05. The van der Waals surface area contributed by atoms with Crippen LogP contribution in [0, 0.1) is 5.92 Å². The highest BCUT2D eigenvalue weighted by Crippen LogP contribution is 2.21. The maximum atomic E-state index is 4.58. The van der Waals surface area contributed by atoms with Crippen molar-refractivity contribution in [3.8, 4) is 0 Å². The third-order valence-electron chi connectivity index (χ3n) is 4.62. The van der Waals surface area contributed by atoms with Gasteiger partial charge in [-0.3, -0.25) is 9.88 Å². The van der Waals surface area contributed by atoms with Gasteiger partial charge in [0.25, 0.3) is 0 Å². The summed E-state index contributed by atoms with van der Waals surface area (Å²) in [5.41, 5.74) is 2.48. The van der Waals surface area contributed by atoms with Crippen molar-refractivity contribution in [3.05, 3.63) is 42.1 Å². The number of pyridine rings is 1. The molecular weight excluding hydrogens is 258 g/mol. The van der Waals surface area contributed by atoms with E-state index >= 15 is 0 Å². The number of hydrogen-bond acceptors (Lipinski definition) is 3. The van der Waals surface area contributed by atoms with E-state index in [2.05, 4.69) is 60.2 Å². The second-order valence-electron chi connectivity index (χ2n) is 6.53. The first-order valence-electron chi connectivity index (χ1n) is 7.95. The molecule has 21 heavy (non-hydrogen) atoms. The lowest BCUT2D eigenvalue weighted by Gasteiger charge is -2.40. The first-order valence-corrected chi connectivity index (χ1v) is 7.95. The molecule has 2 heterocycles. The molecule has 3 rings (SSSR count). The van der Waals surface area contributed by atoms with Gasteiger partial charge in [-0.2, -0.15) is 0 Å². The van der Waals surface area contributed by atoms with Gasteiger partial charge in [0.15, 0.2) is 0 Å². The molecule has 1 aliphatic rings. The molecule has 0 saturated carbocycles. The molecule has 3 heteroatoms. The highest BCUT2D eigenvalue weighted by atomic mass is 15.2. The Balaban J connectivity index is 1.83. The Morgan fingerprint density at radius 2 is 2.10 bits per heavy atom. The minimum atomic E-state index is 0.568. The molecule has 0 amide bonds. The van der Waals surface area contributed by atoms with Gasteiger partial charge < -0.3 is 5.32 Å². The second-order valence-corrected chi connectivity index (χ2v) is 6.53. The fourth-order valence-corrected chi connectivity index (χ4v) is 3.13. The Morgan fingerprint density at radius 1 is 1.29 bits per heavy atom. The number of fused-ring (bicyclic) bond motifs is 1. The van der Waals surface area contributed by atoms with Crippen molar-refractivity contribution in [1.29, 1.82) is 0 Å². The van der Waals surface area contributed by atoms with Crippen LogP contribution < -0.4 is 5.32 Å². The van der Waals surface area contributed by atoms with Gasteiger partial charge in [0, 0.05) is 43.3 Å². The van der Waals surface area contributed by atoms with Crippen LogP contribution in [0.2, 0.25) is 0 Å². The third kappa shape index (κ3) is 3.09. The zero-order valence-corrected chi connectivity index (χ0v) is 13.2. The molecule has 2 atom stereocenters. The Morgan fingerprint density at radius 3 is 2.90 bits per heavy atom. The number of piperazine rings is 1. The Labute approximate surface area is 127 Å². The zero-order valence-electron chi connectivity index (χ0n) is 13.2. The largest absolute Gasteiger partial charge is 0.311 e. The van der Waals surface area contributed by atoms with E-state index in [1.54, 1.807) is 0 Å². The van der Waals surface area contributed by atoms with Crippen LogP contribution in [0.15, 0.2) is 36.5 Å². The van der Waals surface area contributed by atoms with Crippen molar-refractivity contribution in [2.75, 3.05) is 13.1 Å². The van der Waals surface area contributed by atoms with Crippen molar-refractivity contribution < 1.29 is 0 Å². The summed E-state index contributed by atoms with van der Waals surface area (Å²) in [6.07, 6.45) is 1.89. The van der Waals surface area contributed by atoms with Gasteiger partial charge >= 0.3 is 0 Å². The van der Waals surface area contributed by atoms with Crippen LogP contribution in [-0.2, 0) is 6.54 Å². The normalized spacial score (nSPS) is 23.8. The highest BCUT2D eigenvalue weighted by Gasteiger charge is 2.26. The lowest BCUT2D eigenvalue weighted by atomic mass is 9.99. The lowest BCUT2D eigenvalue weighted by molar-refractivity contribution is 0.116. The molecule has 0 bridgehead atoms. The average Bonchev–Trinajstić information content (AvgIpc) is 2.49. The molecule has 3 nitrogen and oxygen atoms in total. The number of rotatable bonds is 3. The van der Waals surface area contributed by atoms with Gasteiger partial charge in [-0.15, -0.1) is 0 Å². The topological polar surface area (TPSA) is 28.2 Å². The smallest absolute Gasteiger partial charge is 0.0746 e. The third-order valence-corrected chi connectivity index (χ3v) is 4.62. The Kier molecular flexibility index (Phi) is 4.22. The standard InChI is InChI=1S/C18H25N3/c1-13(2)17-12-21(14(3)10-20-17)11-16-7-4-6-15-8-5-9-19-18(15)16/h4-9,13-14,17,20H,10-12H2,1-3H3. The van der Waals surface area contributed by atoms with E-state index in [1.165, 1.54) is 10.9 Å². The first-order chi connectivity index (χ1) is 10.1. The summed E-state index contributed by atoms with van der Waals surface area (Å²) in [6.45, 7) is 10.1. The Hall–Kier alpha value is -1.45. The number of nitrogens with one attached hydrogen (secondary N) is 1. The molecule has 1 aromatic carbocycles. The minimum Gasteiger partial charge on any atom is -0.311 e. The van der Waals surface area contributed by atoms with Crippen LogP contribution >= 0.6 is 0 Å². The van der Waals surface area contributed by atoms with Crippen LogP contribution in [0.5, 0.6) is 0 Å². The molecule has 0 radical (unpaired) electrons. The first kappa shape index (κ1) is 14.5. The minimum absolute atomic E-state index is 0.568. The summed E-state index contributed by atoms with van der Waals surface area (Å²) < 4.78 is 0. The van der Waals surface area contributed by atoms with Gasteiger partial charge in [-0.25, -0.2) is 0 Å². The fourth-order valence-electron chi connectivity index (χ4n) is 3.13. The number of hydrogen-bond donors (Lipinski definition) is 1. The quantitative estimate of drug-likeness (QED) is 0.938. The van der Waals surface area contributed by atoms with Crippen LogP contribution in [0.4, 0.5) is 0 Å². The van der Waals surface area contributed by atoms with Gasteiger partial charge in [0.2, 0.25) is 0 Å². The van der Waals surface area contributed by atoms with E-state index in [4.69, 9.17) is 0 Å². The Bertz CT molecular complexity index is 603. The van der Waals surface area contributed by atoms with E-state index in [0.717, 1.165) is 25.2 Å². The van der Waals surface area contributed by atoms with E-state index < -0.39 is 0 Å². The number of nitrogens with zero attached hydrogens (tertiary/aromatic N) is 2. The van der Waals surface area contributed by atoms with Gasteiger partial charge in [-0.1, -0.05) is 38.1 Å². The fraction of sp³-hybridized carbons (Fsp3) is 0.500. The van der Waals surface area contributed by atoms with E-state index in [-0.39, 0.29) is 0 Å². The summed E-state index contributed by atoms with van der Waals surface area (Å²) in [7, 11) is 0. The van der Waals surface area contributed by atoms with Crippen LogP contribution in [0.3, 0.4) is 0 Å². The molecule has 1 saturated heterocycles. The predicted molar refractivity (Wildman–Crippen MR) is 88.2 cm³/mol. The van der Waals surface area contributed by atoms with E-state index in [0.29, 0.717) is 18.0 Å². The molecular formula is C18H25N3. The summed E-state index contributed by atoms with van der Waals surface area (Å²) in [6, 6.07) is 11.8. The average molecular weight is 283 g/mol. The van der Waals surface area contributed by atoms with Crippen molar-refractivity contribution in [3.63, 3.8) is 0 Å². The zero-order chi connectivity index (χ0) is 14.8. The molecule has 1 N–H and O–H groups in total. The van der Waals surface area contributed by atoms with E-state index in [1.807, 2.05) is 12.3 Å². The van der Waals surface area contributed by atoms with Crippen molar-refractivity contribution in [2.45, 2.75) is 39.4 Å². The molecule has 1 aromatic heterocycles. The van der Waals surface area contributed by atoms with Crippen molar-refractivity contribution in [2.24, 2.45) is 5.92 Å². The highest BCUT2D eigenvalue weighted by molar-refractivity contribution is 5.81. The van der Waals surface area contributed by atoms with E-state index in [9.17, 15) is 0 Å². The van der Waals surface area contributed by atoms with Crippen LogP contribution in [0.1, 0.15) is 26.3 Å². The second kappa shape index (κ2) is 6.12. The van der Waals surface area contributed by atoms with Crippen LogP contribution in [0.25, 0.3) is 10.9 Å².